The lowest BCUT2D eigenvalue weighted by molar-refractivity contribution is -0.198. The van der Waals surface area contributed by atoms with Gasteiger partial charge in [0, 0.05) is 35.4 Å². The van der Waals surface area contributed by atoms with Gasteiger partial charge >= 0.3 is 11.9 Å². The summed E-state index contributed by atoms with van der Waals surface area (Å²) in [5.41, 5.74) is -2.75. The minimum absolute atomic E-state index is 0.0528. The molecule has 4 rings (SSSR count). The summed E-state index contributed by atoms with van der Waals surface area (Å²) in [5.74, 6) is 2.81. The maximum Gasteiger partial charge on any atom is 0.306 e. The lowest BCUT2D eigenvalue weighted by Gasteiger charge is -2.44. The maximum absolute atomic E-state index is 12.3. The molecule has 11 heteroatoms. The van der Waals surface area contributed by atoms with E-state index in [0.717, 1.165) is 6.92 Å². The third-order valence-electron chi connectivity index (χ3n) is 6.22. The second-order valence-electron chi connectivity index (χ2n) is 8.38. The lowest BCUT2D eigenvalue weighted by atomic mass is 9.74. The zero-order valence-corrected chi connectivity index (χ0v) is 18.6. The number of ether oxygens (including phenoxy) is 2. The van der Waals surface area contributed by atoms with Crippen LogP contribution in [0.5, 0.6) is 17.2 Å². The molecule has 11 nitrogen and oxygen atoms in total. The van der Waals surface area contributed by atoms with E-state index in [1.807, 2.05) is 0 Å². The summed E-state index contributed by atoms with van der Waals surface area (Å²) in [4.78, 5) is 24.1. The number of fused-ring (bicyclic) bond motifs is 3. The molecule has 0 saturated heterocycles. The van der Waals surface area contributed by atoms with Gasteiger partial charge in [-0.05, 0) is 13.0 Å². The maximum atomic E-state index is 12.3. The quantitative estimate of drug-likeness (QED) is 0.161. The number of hydrogen-bond donors (Lipinski definition) is 6. The van der Waals surface area contributed by atoms with E-state index in [4.69, 9.17) is 15.3 Å². The largest absolute Gasteiger partial charge is 0.507 e. The standard InChI is InChI=1S/C23H24N2O9/c1-4-11(28)34-21-16-14(20(31)22(23(21,3)32)33-8(2)26)13-15(17(16)25-24)19(30)12-9(18(13)29)6-5-7-10(12)27/h5-7,20-22,27,29-32H,4,24H2,1-3H3/t20-,21+,22+,23-/m0/s1. The van der Waals surface area contributed by atoms with Crippen molar-refractivity contribution in [2.24, 2.45) is 10.9 Å². The van der Waals surface area contributed by atoms with E-state index in [1.54, 1.807) is 0 Å². The summed E-state index contributed by atoms with van der Waals surface area (Å²) >= 11 is 0. The molecular weight excluding hydrogens is 448 g/mol. The van der Waals surface area contributed by atoms with Crippen molar-refractivity contribution in [3.8, 4) is 17.2 Å². The minimum Gasteiger partial charge on any atom is -0.507 e. The molecule has 4 atom stereocenters. The second kappa shape index (κ2) is 7.89. The van der Waals surface area contributed by atoms with Crippen molar-refractivity contribution in [2.75, 3.05) is 0 Å². The highest BCUT2D eigenvalue weighted by molar-refractivity contribution is 6.29. The zero-order chi connectivity index (χ0) is 25.1. The Balaban J connectivity index is 2.11. The number of phenols is 3. The van der Waals surface area contributed by atoms with Gasteiger partial charge in [0.05, 0.1) is 10.9 Å². The van der Waals surface area contributed by atoms with Crippen LogP contribution in [0.15, 0.2) is 28.9 Å². The molecule has 0 heterocycles. The van der Waals surface area contributed by atoms with Gasteiger partial charge in [-0.2, -0.15) is 5.10 Å². The molecular formula is C23H24N2O9. The van der Waals surface area contributed by atoms with Crippen LogP contribution in [0.1, 0.15) is 38.3 Å². The average Bonchev–Trinajstić information content (AvgIpc) is 3.13. The molecule has 34 heavy (non-hydrogen) atoms. The molecule has 0 bridgehead atoms. The van der Waals surface area contributed by atoms with Crippen molar-refractivity contribution in [3.63, 3.8) is 0 Å². The second-order valence-corrected chi connectivity index (χ2v) is 8.38. The van der Waals surface area contributed by atoms with Gasteiger partial charge in [0.1, 0.15) is 34.7 Å². The normalized spacial score (nSPS) is 27.0. The summed E-state index contributed by atoms with van der Waals surface area (Å²) in [5, 5.41) is 58.9. The molecule has 2 aromatic rings. The number of hydrazone groups is 1. The number of rotatable bonds is 3. The molecule has 2 aliphatic rings. The number of carbonyl (C=O) groups excluding carboxylic acids is 2. The number of carbonyl (C=O) groups is 2. The van der Waals surface area contributed by atoms with Gasteiger partial charge < -0.3 is 40.8 Å². The average molecular weight is 472 g/mol. The highest BCUT2D eigenvalue weighted by Gasteiger charge is 2.59. The van der Waals surface area contributed by atoms with Gasteiger partial charge in [0.25, 0.3) is 0 Å². The van der Waals surface area contributed by atoms with Crippen molar-refractivity contribution in [1.29, 1.82) is 0 Å². The van der Waals surface area contributed by atoms with Crippen molar-refractivity contribution in [3.05, 3.63) is 34.9 Å². The van der Waals surface area contributed by atoms with E-state index in [0.29, 0.717) is 0 Å². The number of aliphatic hydroxyl groups is 2. The smallest absolute Gasteiger partial charge is 0.306 e. The first-order valence-electron chi connectivity index (χ1n) is 10.5. The first kappa shape index (κ1) is 23.3. The summed E-state index contributed by atoms with van der Waals surface area (Å²) in [7, 11) is 0. The predicted octanol–water partition coefficient (Wildman–Crippen LogP) is 0.766. The topological polar surface area (TPSA) is 192 Å². The lowest BCUT2D eigenvalue weighted by Crippen LogP contribution is -2.61. The molecule has 0 radical (unpaired) electrons. The highest BCUT2D eigenvalue weighted by Crippen LogP contribution is 2.55. The Labute approximate surface area is 193 Å². The molecule has 2 aromatic carbocycles. The molecule has 7 N–H and O–H groups in total. The molecule has 0 saturated carbocycles. The summed E-state index contributed by atoms with van der Waals surface area (Å²) in [6.45, 7) is 3.82. The number of aliphatic hydroxyl groups excluding tert-OH is 1. The van der Waals surface area contributed by atoms with Crippen molar-refractivity contribution in [1.82, 2.24) is 0 Å². The van der Waals surface area contributed by atoms with Crippen LogP contribution >= 0.6 is 0 Å². The number of aromatic hydroxyl groups is 3. The van der Waals surface area contributed by atoms with Crippen molar-refractivity contribution < 1.29 is 44.6 Å². The number of esters is 2. The first-order valence-corrected chi connectivity index (χ1v) is 10.5. The van der Waals surface area contributed by atoms with Gasteiger partial charge in [0.2, 0.25) is 0 Å². The van der Waals surface area contributed by atoms with Crippen LogP contribution in [-0.2, 0) is 19.1 Å². The van der Waals surface area contributed by atoms with Gasteiger partial charge in [-0.1, -0.05) is 19.1 Å². The molecule has 0 aromatic heterocycles. The summed E-state index contributed by atoms with van der Waals surface area (Å²) in [6.07, 6.45) is -4.96. The van der Waals surface area contributed by atoms with Gasteiger partial charge in [0.15, 0.2) is 12.2 Å². The fraction of sp³-hybridized carbons (Fsp3) is 0.348. The van der Waals surface area contributed by atoms with Crippen LogP contribution in [0, 0.1) is 0 Å². The molecule has 180 valence electrons. The summed E-state index contributed by atoms with van der Waals surface area (Å²) < 4.78 is 10.7. The SMILES string of the molecule is CCC(=O)O[C@@H]1C2=C(c3c(c(O)c4c(O)cccc4c3O)C2=NN)[C@H](O)[C@@H](OC(C)=O)[C@@]1(C)O. The number of hydrogen-bond acceptors (Lipinski definition) is 11. The van der Waals surface area contributed by atoms with Crippen LogP contribution in [0.4, 0.5) is 0 Å². The zero-order valence-electron chi connectivity index (χ0n) is 18.6. The Hall–Kier alpha value is -3.83. The monoisotopic (exact) mass is 472 g/mol. The fourth-order valence-electron chi connectivity index (χ4n) is 4.75. The molecule has 0 unspecified atom stereocenters. The Morgan fingerprint density at radius 2 is 1.79 bits per heavy atom. The Morgan fingerprint density at radius 3 is 2.38 bits per heavy atom. The van der Waals surface area contributed by atoms with E-state index < -0.39 is 47.4 Å². The number of nitrogens with two attached hydrogens (primary N) is 1. The van der Waals surface area contributed by atoms with E-state index in [-0.39, 0.29) is 50.9 Å². The summed E-state index contributed by atoms with van der Waals surface area (Å²) in [6, 6.07) is 4.18. The van der Waals surface area contributed by atoms with E-state index in [1.165, 1.54) is 32.0 Å². The molecule has 2 aliphatic carbocycles. The van der Waals surface area contributed by atoms with Gasteiger partial charge in [-0.25, -0.2) is 0 Å². The van der Waals surface area contributed by atoms with E-state index >= 15 is 0 Å². The minimum atomic E-state index is -2.15. The Morgan fingerprint density at radius 1 is 1.12 bits per heavy atom. The number of phenolic OH excluding ortho intramolecular Hbond substituents is 3. The number of nitrogens with zero attached hydrogens (tertiary/aromatic N) is 1. The van der Waals surface area contributed by atoms with E-state index in [2.05, 4.69) is 5.10 Å². The fourth-order valence-corrected chi connectivity index (χ4v) is 4.75. The third kappa shape index (κ3) is 3.08. The Kier molecular flexibility index (Phi) is 5.41. The van der Waals surface area contributed by atoms with Gasteiger partial charge in [-0.15, -0.1) is 0 Å². The molecule has 0 spiro atoms. The Bertz CT molecular complexity index is 1300. The molecule has 0 fully saturated rings. The van der Waals surface area contributed by atoms with Crippen LogP contribution in [-0.4, -0.2) is 67.1 Å². The van der Waals surface area contributed by atoms with Crippen LogP contribution < -0.4 is 5.84 Å². The third-order valence-corrected chi connectivity index (χ3v) is 6.22. The van der Waals surface area contributed by atoms with Crippen LogP contribution in [0.3, 0.4) is 0 Å². The molecule has 0 aliphatic heterocycles. The van der Waals surface area contributed by atoms with E-state index in [9.17, 15) is 35.1 Å². The van der Waals surface area contributed by atoms with Crippen molar-refractivity contribution in [2.45, 2.75) is 51.1 Å². The first-order chi connectivity index (χ1) is 16.0. The predicted molar refractivity (Wildman–Crippen MR) is 119 cm³/mol. The van der Waals surface area contributed by atoms with Crippen LogP contribution in [0.2, 0.25) is 0 Å². The number of benzene rings is 2. The highest BCUT2D eigenvalue weighted by atomic mass is 16.6. The molecule has 0 amide bonds. The van der Waals surface area contributed by atoms with Gasteiger partial charge in [-0.3, -0.25) is 9.59 Å². The van der Waals surface area contributed by atoms with Crippen LogP contribution in [0.25, 0.3) is 16.3 Å². The van der Waals surface area contributed by atoms with Crippen molar-refractivity contribution >= 4 is 34.0 Å².